The molecule has 0 fully saturated rings. The van der Waals surface area contributed by atoms with E-state index in [1.54, 1.807) is 14.0 Å². The van der Waals surface area contributed by atoms with Crippen molar-refractivity contribution in [2.45, 2.75) is 11.8 Å². The maximum atomic E-state index is 13.1. The quantitative estimate of drug-likeness (QED) is 0.657. The summed E-state index contributed by atoms with van der Waals surface area (Å²) in [5, 5.41) is 0. The Morgan fingerprint density at radius 2 is 2.08 bits per heavy atom. The van der Waals surface area contributed by atoms with E-state index in [1.165, 1.54) is 17.8 Å². The Balaban J connectivity index is 3.19. The molecule has 0 heterocycles. The normalized spacial score (nSPS) is 10.0. The minimum atomic E-state index is -0.210. The van der Waals surface area contributed by atoms with Crippen LogP contribution in [-0.4, -0.2) is 13.4 Å². The number of methoxy groups -OCH3 is 1. The van der Waals surface area contributed by atoms with Crippen LogP contribution in [0.25, 0.3) is 0 Å². The standard InChI is InChI=1S/C9H11FOS/c1-6-8(10)4-7(12-3)5-9(6)11-2/h4-5H,1-3H3. The van der Waals surface area contributed by atoms with Gasteiger partial charge in [0.25, 0.3) is 0 Å². The predicted molar refractivity (Wildman–Crippen MR) is 49.5 cm³/mol. The van der Waals surface area contributed by atoms with E-state index in [1.807, 2.05) is 12.3 Å². The van der Waals surface area contributed by atoms with E-state index in [0.29, 0.717) is 11.3 Å². The van der Waals surface area contributed by atoms with Gasteiger partial charge in [-0.1, -0.05) is 0 Å². The Hall–Kier alpha value is -0.700. The van der Waals surface area contributed by atoms with Crippen molar-refractivity contribution in [1.29, 1.82) is 0 Å². The highest BCUT2D eigenvalue weighted by Gasteiger charge is 2.06. The van der Waals surface area contributed by atoms with E-state index in [-0.39, 0.29) is 5.82 Å². The van der Waals surface area contributed by atoms with Gasteiger partial charge < -0.3 is 4.74 Å². The Kier molecular flexibility index (Phi) is 2.98. The molecule has 0 atom stereocenters. The summed E-state index contributed by atoms with van der Waals surface area (Å²) in [6, 6.07) is 3.35. The first-order chi connectivity index (χ1) is 5.69. The van der Waals surface area contributed by atoms with Gasteiger partial charge in [-0.2, -0.15) is 0 Å². The lowest BCUT2D eigenvalue weighted by Gasteiger charge is -2.06. The molecule has 0 aliphatic rings. The van der Waals surface area contributed by atoms with Crippen LogP contribution in [0.5, 0.6) is 5.75 Å². The van der Waals surface area contributed by atoms with Gasteiger partial charge in [-0.25, -0.2) is 4.39 Å². The predicted octanol–water partition coefficient (Wildman–Crippen LogP) is 2.86. The Bertz CT molecular complexity index is 286. The number of ether oxygens (including phenoxy) is 1. The molecule has 12 heavy (non-hydrogen) atoms. The SMILES string of the molecule is COc1cc(SC)cc(F)c1C. The Morgan fingerprint density at radius 1 is 1.42 bits per heavy atom. The largest absolute Gasteiger partial charge is 0.496 e. The van der Waals surface area contributed by atoms with Crippen molar-refractivity contribution in [3.63, 3.8) is 0 Å². The van der Waals surface area contributed by atoms with Crippen molar-refractivity contribution in [1.82, 2.24) is 0 Å². The molecule has 3 heteroatoms. The first-order valence-electron chi connectivity index (χ1n) is 3.57. The van der Waals surface area contributed by atoms with E-state index in [0.717, 1.165) is 4.90 Å². The zero-order valence-corrected chi connectivity index (χ0v) is 8.17. The van der Waals surface area contributed by atoms with Crippen LogP contribution in [0.4, 0.5) is 4.39 Å². The second-order valence-electron chi connectivity index (χ2n) is 2.44. The van der Waals surface area contributed by atoms with Crippen LogP contribution in [0.15, 0.2) is 17.0 Å². The van der Waals surface area contributed by atoms with Crippen LogP contribution < -0.4 is 4.74 Å². The number of hydrogen-bond donors (Lipinski definition) is 0. The lowest BCUT2D eigenvalue weighted by Crippen LogP contribution is -1.91. The monoisotopic (exact) mass is 186 g/mol. The van der Waals surface area contributed by atoms with Gasteiger partial charge in [-0.05, 0) is 25.3 Å². The van der Waals surface area contributed by atoms with Gasteiger partial charge in [0.15, 0.2) is 0 Å². The minimum Gasteiger partial charge on any atom is -0.496 e. The zero-order valence-electron chi connectivity index (χ0n) is 7.35. The molecule has 0 saturated heterocycles. The highest BCUT2D eigenvalue weighted by atomic mass is 32.2. The fraction of sp³-hybridized carbons (Fsp3) is 0.333. The molecule has 0 radical (unpaired) electrons. The number of rotatable bonds is 2. The van der Waals surface area contributed by atoms with E-state index in [2.05, 4.69) is 0 Å². The van der Waals surface area contributed by atoms with Crippen LogP contribution in [0.3, 0.4) is 0 Å². The first-order valence-corrected chi connectivity index (χ1v) is 4.79. The third kappa shape index (κ3) is 1.72. The number of hydrogen-bond acceptors (Lipinski definition) is 2. The fourth-order valence-corrected chi connectivity index (χ4v) is 1.41. The molecule has 0 aliphatic carbocycles. The van der Waals surface area contributed by atoms with Gasteiger partial charge in [0.05, 0.1) is 7.11 Å². The maximum Gasteiger partial charge on any atom is 0.130 e. The first kappa shape index (κ1) is 9.39. The van der Waals surface area contributed by atoms with Gasteiger partial charge in [-0.3, -0.25) is 0 Å². The molecular formula is C9H11FOS. The van der Waals surface area contributed by atoms with Gasteiger partial charge in [-0.15, -0.1) is 11.8 Å². The Morgan fingerprint density at radius 3 is 2.58 bits per heavy atom. The summed E-state index contributed by atoms with van der Waals surface area (Å²) in [5.41, 5.74) is 0.565. The molecule has 1 aromatic rings. The third-order valence-electron chi connectivity index (χ3n) is 1.73. The fourth-order valence-electron chi connectivity index (χ4n) is 0.960. The van der Waals surface area contributed by atoms with Gasteiger partial charge in [0.2, 0.25) is 0 Å². The minimum absolute atomic E-state index is 0.210. The topological polar surface area (TPSA) is 9.23 Å². The average Bonchev–Trinajstić information content (AvgIpc) is 2.09. The molecular weight excluding hydrogens is 175 g/mol. The van der Waals surface area contributed by atoms with Crippen molar-refractivity contribution in [3.05, 3.63) is 23.5 Å². The van der Waals surface area contributed by atoms with Gasteiger partial charge in [0.1, 0.15) is 11.6 Å². The molecule has 1 nitrogen and oxygen atoms in total. The van der Waals surface area contributed by atoms with Crippen LogP contribution >= 0.6 is 11.8 Å². The van der Waals surface area contributed by atoms with E-state index >= 15 is 0 Å². The number of halogens is 1. The number of benzene rings is 1. The van der Waals surface area contributed by atoms with Gasteiger partial charge in [0, 0.05) is 10.5 Å². The summed E-state index contributed by atoms with van der Waals surface area (Å²) in [6.45, 7) is 1.71. The molecule has 0 amide bonds. The van der Waals surface area contributed by atoms with Gasteiger partial charge >= 0.3 is 0 Å². The lowest BCUT2D eigenvalue weighted by atomic mass is 10.2. The van der Waals surface area contributed by atoms with Crippen molar-refractivity contribution in [2.75, 3.05) is 13.4 Å². The summed E-state index contributed by atoms with van der Waals surface area (Å²) >= 11 is 1.50. The van der Waals surface area contributed by atoms with Crippen molar-refractivity contribution < 1.29 is 9.13 Å². The van der Waals surface area contributed by atoms with Crippen molar-refractivity contribution in [3.8, 4) is 5.75 Å². The highest BCUT2D eigenvalue weighted by Crippen LogP contribution is 2.27. The lowest BCUT2D eigenvalue weighted by molar-refractivity contribution is 0.405. The molecule has 66 valence electrons. The van der Waals surface area contributed by atoms with Crippen molar-refractivity contribution >= 4 is 11.8 Å². The second kappa shape index (κ2) is 3.81. The summed E-state index contributed by atoms with van der Waals surface area (Å²) in [7, 11) is 1.55. The average molecular weight is 186 g/mol. The smallest absolute Gasteiger partial charge is 0.130 e. The molecule has 0 aliphatic heterocycles. The van der Waals surface area contributed by atoms with Crippen LogP contribution in [-0.2, 0) is 0 Å². The molecule has 0 saturated carbocycles. The molecule has 1 aromatic carbocycles. The second-order valence-corrected chi connectivity index (χ2v) is 3.32. The molecule has 0 bridgehead atoms. The van der Waals surface area contributed by atoms with Crippen LogP contribution in [0.1, 0.15) is 5.56 Å². The number of thioether (sulfide) groups is 1. The van der Waals surface area contributed by atoms with Crippen LogP contribution in [0.2, 0.25) is 0 Å². The highest BCUT2D eigenvalue weighted by molar-refractivity contribution is 7.98. The summed E-state index contributed by atoms with van der Waals surface area (Å²) in [4.78, 5) is 0.884. The van der Waals surface area contributed by atoms with E-state index in [4.69, 9.17) is 4.74 Å². The van der Waals surface area contributed by atoms with Crippen LogP contribution in [0, 0.1) is 12.7 Å². The third-order valence-corrected chi connectivity index (χ3v) is 2.43. The molecule has 0 spiro atoms. The summed E-state index contributed by atoms with van der Waals surface area (Å²) in [5.74, 6) is 0.401. The molecule has 0 unspecified atom stereocenters. The van der Waals surface area contributed by atoms with Crippen molar-refractivity contribution in [2.24, 2.45) is 0 Å². The Labute approximate surface area is 75.9 Å². The van der Waals surface area contributed by atoms with E-state index in [9.17, 15) is 4.39 Å². The summed E-state index contributed by atoms with van der Waals surface area (Å²) in [6.07, 6.45) is 1.91. The molecule has 0 aromatic heterocycles. The zero-order chi connectivity index (χ0) is 9.14. The maximum absolute atomic E-state index is 13.1. The molecule has 0 N–H and O–H groups in total. The van der Waals surface area contributed by atoms with E-state index < -0.39 is 0 Å². The summed E-state index contributed by atoms with van der Waals surface area (Å²) < 4.78 is 18.1. The molecule has 1 rings (SSSR count).